The predicted octanol–water partition coefficient (Wildman–Crippen LogP) is 1.47. The van der Waals surface area contributed by atoms with Gasteiger partial charge in [-0.25, -0.2) is 8.42 Å². The van der Waals surface area contributed by atoms with E-state index in [1.165, 1.54) is 12.4 Å². The van der Waals surface area contributed by atoms with Crippen LogP contribution in [0.2, 0.25) is 0 Å². The van der Waals surface area contributed by atoms with Crippen LogP contribution in [-0.2, 0) is 23.0 Å². The molecule has 2 aromatic rings. The van der Waals surface area contributed by atoms with Crippen LogP contribution >= 0.6 is 0 Å². The van der Waals surface area contributed by atoms with Crippen LogP contribution in [0.5, 0.6) is 0 Å². The van der Waals surface area contributed by atoms with E-state index in [1.807, 2.05) is 19.2 Å². The Labute approximate surface area is 125 Å². The lowest BCUT2D eigenvalue weighted by molar-refractivity contribution is 0.582. The monoisotopic (exact) mass is 308 g/mol. The van der Waals surface area contributed by atoms with Gasteiger partial charge in [0.05, 0.1) is 12.7 Å². The zero-order valence-electron chi connectivity index (χ0n) is 12.2. The van der Waals surface area contributed by atoms with Gasteiger partial charge in [0.15, 0.2) is 0 Å². The molecule has 114 valence electrons. The maximum atomic E-state index is 12.3. The average molecular weight is 308 g/mol. The van der Waals surface area contributed by atoms with E-state index in [0.29, 0.717) is 12.2 Å². The lowest BCUT2D eigenvalue weighted by Gasteiger charge is -2.06. The number of anilines is 1. The van der Waals surface area contributed by atoms with Crippen LogP contribution in [0, 0.1) is 0 Å². The third-order valence-corrected chi connectivity index (χ3v) is 4.46. The van der Waals surface area contributed by atoms with Gasteiger partial charge in [-0.3, -0.25) is 9.40 Å². The van der Waals surface area contributed by atoms with E-state index in [1.54, 1.807) is 16.8 Å². The molecule has 0 aliphatic rings. The van der Waals surface area contributed by atoms with E-state index in [4.69, 9.17) is 0 Å². The number of nitrogens with zero attached hydrogens (tertiary/aromatic N) is 2. The zero-order valence-corrected chi connectivity index (χ0v) is 13.0. The maximum absolute atomic E-state index is 12.3. The summed E-state index contributed by atoms with van der Waals surface area (Å²) in [4.78, 5) is 0.165. The van der Waals surface area contributed by atoms with Gasteiger partial charge in [0, 0.05) is 18.4 Å². The van der Waals surface area contributed by atoms with Crippen molar-refractivity contribution in [2.45, 2.75) is 24.8 Å². The molecular weight excluding hydrogens is 288 g/mol. The van der Waals surface area contributed by atoms with Gasteiger partial charge in [0.1, 0.15) is 4.90 Å². The van der Waals surface area contributed by atoms with E-state index in [0.717, 1.165) is 18.5 Å². The predicted molar refractivity (Wildman–Crippen MR) is 82.8 cm³/mol. The smallest absolute Gasteiger partial charge is 0.265 e. The van der Waals surface area contributed by atoms with Gasteiger partial charge in [-0.2, -0.15) is 5.10 Å². The second kappa shape index (κ2) is 6.73. The summed E-state index contributed by atoms with van der Waals surface area (Å²) in [5.41, 5.74) is 1.72. The summed E-state index contributed by atoms with van der Waals surface area (Å²) in [7, 11) is -1.75. The first-order valence-corrected chi connectivity index (χ1v) is 8.32. The first-order chi connectivity index (χ1) is 10.0. The Morgan fingerprint density at radius 3 is 2.57 bits per heavy atom. The van der Waals surface area contributed by atoms with Gasteiger partial charge in [-0.1, -0.05) is 19.1 Å². The maximum Gasteiger partial charge on any atom is 0.265 e. The van der Waals surface area contributed by atoms with Crippen molar-refractivity contribution in [2.24, 2.45) is 0 Å². The van der Waals surface area contributed by atoms with E-state index in [-0.39, 0.29) is 4.90 Å². The minimum atomic E-state index is -3.59. The molecular formula is C14H20N4O2S. The quantitative estimate of drug-likeness (QED) is 0.812. The Kier molecular flexibility index (Phi) is 4.98. The van der Waals surface area contributed by atoms with Crippen molar-refractivity contribution in [3.63, 3.8) is 0 Å². The number of nitrogens with one attached hydrogen (secondary N) is 2. The highest BCUT2D eigenvalue weighted by Gasteiger charge is 2.16. The Bertz CT molecular complexity index is 677. The molecule has 0 saturated carbocycles. The molecule has 2 N–H and O–H groups in total. The van der Waals surface area contributed by atoms with Gasteiger partial charge < -0.3 is 5.32 Å². The molecule has 2 rings (SSSR count). The second-order valence-corrected chi connectivity index (χ2v) is 6.38. The van der Waals surface area contributed by atoms with E-state index in [2.05, 4.69) is 22.1 Å². The Balaban J connectivity index is 2.11. The third-order valence-electron chi connectivity index (χ3n) is 3.13. The van der Waals surface area contributed by atoms with Crippen LogP contribution in [0.15, 0.2) is 41.6 Å². The highest BCUT2D eigenvalue weighted by Crippen LogP contribution is 2.16. The van der Waals surface area contributed by atoms with Crippen molar-refractivity contribution in [2.75, 3.05) is 18.3 Å². The Morgan fingerprint density at radius 2 is 1.95 bits per heavy atom. The number of rotatable bonds is 7. The molecule has 7 heteroatoms. The summed E-state index contributed by atoms with van der Waals surface area (Å²) in [6.07, 6.45) is 3.81. The number of likely N-dealkylation sites (N-methyl/N-ethyl adjacent to an activating group) is 1. The summed E-state index contributed by atoms with van der Waals surface area (Å²) in [6.45, 7) is 3.41. The van der Waals surface area contributed by atoms with Gasteiger partial charge in [-0.15, -0.1) is 0 Å². The molecule has 0 amide bonds. The largest absolute Gasteiger partial charge is 0.318 e. The number of benzene rings is 1. The van der Waals surface area contributed by atoms with Crippen molar-refractivity contribution in [3.8, 4) is 0 Å². The lowest BCUT2D eigenvalue weighted by Crippen LogP contribution is -2.15. The Hall–Kier alpha value is -1.86. The normalized spacial score (nSPS) is 11.5. The van der Waals surface area contributed by atoms with Gasteiger partial charge in [-0.05, 0) is 31.2 Å². The summed E-state index contributed by atoms with van der Waals surface area (Å²) < 4.78 is 28.7. The van der Waals surface area contributed by atoms with Crippen molar-refractivity contribution < 1.29 is 8.42 Å². The molecule has 21 heavy (non-hydrogen) atoms. The molecule has 1 aromatic heterocycles. The number of aromatic nitrogens is 2. The zero-order chi connectivity index (χ0) is 15.3. The average Bonchev–Trinajstić information content (AvgIpc) is 2.95. The molecule has 0 fully saturated rings. The number of hydrogen-bond acceptors (Lipinski definition) is 4. The van der Waals surface area contributed by atoms with E-state index < -0.39 is 10.0 Å². The fourth-order valence-electron chi connectivity index (χ4n) is 1.85. The lowest BCUT2D eigenvalue weighted by atomic mass is 10.2. The highest BCUT2D eigenvalue weighted by atomic mass is 32.2. The van der Waals surface area contributed by atoms with Crippen molar-refractivity contribution in [1.82, 2.24) is 15.1 Å². The molecule has 0 bridgehead atoms. The summed E-state index contributed by atoms with van der Waals surface area (Å²) in [6, 6.07) is 7.35. The van der Waals surface area contributed by atoms with Crippen LogP contribution in [0.3, 0.4) is 0 Å². The molecule has 6 nitrogen and oxygen atoms in total. The van der Waals surface area contributed by atoms with Crippen LogP contribution in [-0.4, -0.2) is 31.8 Å². The van der Waals surface area contributed by atoms with Crippen molar-refractivity contribution in [3.05, 3.63) is 42.2 Å². The number of hydrogen-bond donors (Lipinski definition) is 2. The van der Waals surface area contributed by atoms with Crippen LogP contribution < -0.4 is 10.0 Å². The van der Waals surface area contributed by atoms with Crippen LogP contribution in [0.1, 0.15) is 12.5 Å². The summed E-state index contributed by atoms with van der Waals surface area (Å²) in [5.74, 6) is 0. The summed E-state index contributed by atoms with van der Waals surface area (Å²) >= 11 is 0. The first-order valence-electron chi connectivity index (χ1n) is 6.84. The van der Waals surface area contributed by atoms with E-state index in [9.17, 15) is 8.42 Å². The number of sulfonamides is 1. The van der Waals surface area contributed by atoms with E-state index >= 15 is 0 Å². The van der Waals surface area contributed by atoms with Crippen molar-refractivity contribution in [1.29, 1.82) is 0 Å². The minimum Gasteiger partial charge on any atom is -0.318 e. The topological polar surface area (TPSA) is 76.0 Å². The standard InChI is InChI=1S/C14H20N4O2S/c1-3-12-4-6-13(7-5-12)17-21(19,20)14-10-16-18(11-14)9-8-15-2/h4-7,10-11,15,17H,3,8-9H2,1-2H3. The third kappa shape index (κ3) is 4.05. The first kappa shape index (κ1) is 15.5. The molecule has 0 aliphatic carbocycles. The fourth-order valence-corrected chi connectivity index (χ4v) is 2.87. The minimum absolute atomic E-state index is 0.165. The second-order valence-electron chi connectivity index (χ2n) is 4.70. The van der Waals surface area contributed by atoms with Gasteiger partial charge in [0.2, 0.25) is 0 Å². The molecule has 0 radical (unpaired) electrons. The van der Waals surface area contributed by atoms with Crippen LogP contribution in [0.4, 0.5) is 5.69 Å². The molecule has 0 atom stereocenters. The number of aryl methyl sites for hydroxylation is 1. The summed E-state index contributed by atoms with van der Waals surface area (Å²) in [5, 5.41) is 7.04. The van der Waals surface area contributed by atoms with Crippen LogP contribution in [0.25, 0.3) is 0 Å². The molecule has 0 aliphatic heterocycles. The molecule has 0 saturated heterocycles. The molecule has 0 spiro atoms. The Morgan fingerprint density at radius 1 is 1.24 bits per heavy atom. The van der Waals surface area contributed by atoms with Gasteiger partial charge in [0.25, 0.3) is 10.0 Å². The van der Waals surface area contributed by atoms with Crippen molar-refractivity contribution >= 4 is 15.7 Å². The van der Waals surface area contributed by atoms with Gasteiger partial charge >= 0.3 is 0 Å². The molecule has 1 aromatic carbocycles. The fraction of sp³-hybridized carbons (Fsp3) is 0.357. The molecule has 1 heterocycles. The highest BCUT2D eigenvalue weighted by molar-refractivity contribution is 7.92. The molecule has 0 unspecified atom stereocenters. The SMILES string of the molecule is CCc1ccc(NS(=O)(=O)c2cnn(CCNC)c2)cc1.